The molecule has 1 aliphatic rings. The molecule has 150 valence electrons. The van der Waals surface area contributed by atoms with Gasteiger partial charge in [0.25, 0.3) is 0 Å². The highest BCUT2D eigenvalue weighted by atomic mass is 32.1. The topological polar surface area (TPSA) is 62.4 Å². The number of rotatable bonds is 8. The summed E-state index contributed by atoms with van der Waals surface area (Å²) >= 11 is 1.66. The number of piperazine rings is 1. The Kier molecular flexibility index (Phi) is 6.09. The molecule has 7 nitrogen and oxygen atoms in total. The Balaban J connectivity index is 1.36. The van der Waals surface area contributed by atoms with Crippen molar-refractivity contribution in [2.45, 2.75) is 33.4 Å². The lowest BCUT2D eigenvalue weighted by molar-refractivity contribution is 0.258. The van der Waals surface area contributed by atoms with E-state index in [1.807, 2.05) is 19.1 Å². The van der Waals surface area contributed by atoms with Gasteiger partial charge < -0.3 is 14.6 Å². The zero-order valence-corrected chi connectivity index (χ0v) is 17.4. The van der Waals surface area contributed by atoms with Gasteiger partial charge in [0.05, 0.1) is 6.54 Å². The molecule has 1 fully saturated rings. The summed E-state index contributed by atoms with van der Waals surface area (Å²) in [6.07, 6.45) is 3.27. The van der Waals surface area contributed by atoms with Crippen LogP contribution in [0.3, 0.4) is 0 Å². The van der Waals surface area contributed by atoms with E-state index in [-0.39, 0.29) is 0 Å². The Morgan fingerprint density at radius 1 is 1.07 bits per heavy atom. The van der Waals surface area contributed by atoms with Crippen molar-refractivity contribution in [1.82, 2.24) is 25.0 Å². The first-order chi connectivity index (χ1) is 13.7. The Labute approximate surface area is 170 Å². The summed E-state index contributed by atoms with van der Waals surface area (Å²) in [6, 6.07) is 8.17. The number of aromatic nitrogens is 3. The van der Waals surface area contributed by atoms with Crippen LogP contribution in [0.4, 0.5) is 5.13 Å². The standard InChI is InChI=1S/C20H28N6OS/c1-3-8-24-10-12-25(13-11-24)19-22-23-20(28-19)26-9-4-5-17(26)14-21-15-18-7-6-16(2)27-18/h4-7,9,21H,3,8,10-15H2,1-2H3. The molecule has 28 heavy (non-hydrogen) atoms. The predicted molar refractivity (Wildman–Crippen MR) is 112 cm³/mol. The van der Waals surface area contributed by atoms with Crippen LogP contribution in [0.2, 0.25) is 0 Å². The van der Waals surface area contributed by atoms with E-state index in [0.29, 0.717) is 6.54 Å². The van der Waals surface area contributed by atoms with E-state index < -0.39 is 0 Å². The van der Waals surface area contributed by atoms with E-state index in [1.165, 1.54) is 18.7 Å². The fourth-order valence-corrected chi connectivity index (χ4v) is 4.47. The molecule has 0 bridgehead atoms. The number of hydrogen-bond acceptors (Lipinski definition) is 7. The second kappa shape index (κ2) is 8.89. The van der Waals surface area contributed by atoms with Gasteiger partial charge in [0.2, 0.25) is 10.3 Å². The highest BCUT2D eigenvalue weighted by molar-refractivity contribution is 7.17. The predicted octanol–water partition coefficient (Wildman–Crippen LogP) is 3.05. The Bertz CT molecular complexity index is 877. The van der Waals surface area contributed by atoms with Crippen LogP contribution < -0.4 is 10.2 Å². The Morgan fingerprint density at radius 2 is 1.89 bits per heavy atom. The number of anilines is 1. The minimum Gasteiger partial charge on any atom is -0.465 e. The molecule has 0 unspecified atom stereocenters. The van der Waals surface area contributed by atoms with E-state index in [9.17, 15) is 0 Å². The lowest BCUT2D eigenvalue weighted by atomic mass is 10.3. The van der Waals surface area contributed by atoms with Gasteiger partial charge in [-0.2, -0.15) is 0 Å². The average Bonchev–Trinajstić information content (AvgIpc) is 3.43. The molecule has 8 heteroatoms. The van der Waals surface area contributed by atoms with E-state index in [0.717, 1.165) is 54.5 Å². The Hall–Kier alpha value is -2.16. The smallest absolute Gasteiger partial charge is 0.218 e. The van der Waals surface area contributed by atoms with Crippen molar-refractivity contribution in [1.29, 1.82) is 0 Å². The fraction of sp³-hybridized carbons (Fsp3) is 0.500. The highest BCUT2D eigenvalue weighted by Gasteiger charge is 2.20. The Morgan fingerprint density at radius 3 is 2.64 bits per heavy atom. The van der Waals surface area contributed by atoms with Crippen LogP contribution in [-0.4, -0.2) is 52.4 Å². The molecule has 0 atom stereocenters. The van der Waals surface area contributed by atoms with Crippen molar-refractivity contribution in [3.05, 3.63) is 47.7 Å². The third-order valence-electron chi connectivity index (χ3n) is 5.03. The largest absolute Gasteiger partial charge is 0.465 e. The third-order valence-corrected chi connectivity index (χ3v) is 6.01. The van der Waals surface area contributed by atoms with Crippen molar-refractivity contribution in [3.8, 4) is 5.13 Å². The van der Waals surface area contributed by atoms with Crippen molar-refractivity contribution < 1.29 is 4.42 Å². The van der Waals surface area contributed by atoms with Gasteiger partial charge in [0.15, 0.2) is 0 Å². The summed E-state index contributed by atoms with van der Waals surface area (Å²) in [7, 11) is 0. The van der Waals surface area contributed by atoms with Gasteiger partial charge in [0, 0.05) is 44.6 Å². The van der Waals surface area contributed by atoms with E-state index in [4.69, 9.17) is 4.42 Å². The van der Waals surface area contributed by atoms with Crippen molar-refractivity contribution in [2.75, 3.05) is 37.6 Å². The molecule has 0 radical (unpaired) electrons. The van der Waals surface area contributed by atoms with Crippen LogP contribution in [0.25, 0.3) is 5.13 Å². The molecule has 1 aliphatic heterocycles. The second-order valence-corrected chi connectivity index (χ2v) is 8.12. The molecule has 4 heterocycles. The molecule has 1 N–H and O–H groups in total. The molecule has 0 spiro atoms. The summed E-state index contributed by atoms with van der Waals surface area (Å²) in [4.78, 5) is 4.88. The molecule has 3 aromatic rings. The lowest BCUT2D eigenvalue weighted by Gasteiger charge is -2.33. The molecule has 0 amide bonds. The number of furan rings is 1. The van der Waals surface area contributed by atoms with Gasteiger partial charge in [-0.05, 0) is 44.2 Å². The quantitative estimate of drug-likeness (QED) is 0.627. The SMILES string of the molecule is CCCN1CCN(c2nnc(-n3cccc3CNCc3ccc(C)o3)s2)CC1. The number of nitrogens with zero attached hydrogens (tertiary/aromatic N) is 5. The van der Waals surface area contributed by atoms with Crippen LogP contribution in [0.5, 0.6) is 0 Å². The monoisotopic (exact) mass is 400 g/mol. The van der Waals surface area contributed by atoms with Crippen molar-refractivity contribution in [2.24, 2.45) is 0 Å². The molecule has 1 saturated heterocycles. The van der Waals surface area contributed by atoms with Gasteiger partial charge in [-0.1, -0.05) is 18.3 Å². The summed E-state index contributed by atoms with van der Waals surface area (Å²) in [6.45, 7) is 11.1. The molecule has 0 aliphatic carbocycles. The van der Waals surface area contributed by atoms with Crippen LogP contribution in [0.15, 0.2) is 34.9 Å². The van der Waals surface area contributed by atoms with Crippen molar-refractivity contribution >= 4 is 16.5 Å². The third kappa shape index (κ3) is 4.45. The second-order valence-electron chi connectivity index (χ2n) is 7.18. The minimum absolute atomic E-state index is 0.711. The first-order valence-corrected chi connectivity index (χ1v) is 10.8. The zero-order chi connectivity index (χ0) is 19.3. The highest BCUT2D eigenvalue weighted by Crippen LogP contribution is 2.25. The molecule has 4 rings (SSSR count). The van der Waals surface area contributed by atoms with E-state index in [1.54, 1.807) is 11.3 Å². The maximum atomic E-state index is 5.61. The molecular formula is C20H28N6OS. The van der Waals surface area contributed by atoms with Crippen LogP contribution in [-0.2, 0) is 13.1 Å². The zero-order valence-electron chi connectivity index (χ0n) is 16.6. The van der Waals surface area contributed by atoms with Gasteiger partial charge in [-0.15, -0.1) is 10.2 Å². The van der Waals surface area contributed by atoms with Crippen LogP contribution in [0, 0.1) is 6.92 Å². The molecular weight excluding hydrogens is 372 g/mol. The summed E-state index contributed by atoms with van der Waals surface area (Å²) in [5, 5.41) is 14.3. The average molecular weight is 401 g/mol. The number of aryl methyl sites for hydroxylation is 1. The van der Waals surface area contributed by atoms with Crippen LogP contribution in [0.1, 0.15) is 30.6 Å². The van der Waals surface area contributed by atoms with Crippen molar-refractivity contribution in [3.63, 3.8) is 0 Å². The molecule has 3 aromatic heterocycles. The lowest BCUT2D eigenvalue weighted by Crippen LogP contribution is -2.46. The first-order valence-electron chi connectivity index (χ1n) is 9.96. The van der Waals surface area contributed by atoms with Gasteiger partial charge in [-0.3, -0.25) is 9.47 Å². The first kappa shape index (κ1) is 19.2. The minimum atomic E-state index is 0.711. The molecule has 0 saturated carbocycles. The summed E-state index contributed by atoms with van der Waals surface area (Å²) < 4.78 is 7.73. The summed E-state index contributed by atoms with van der Waals surface area (Å²) in [5.74, 6) is 1.90. The fourth-order valence-electron chi connectivity index (χ4n) is 3.55. The number of nitrogens with one attached hydrogen (secondary N) is 1. The maximum Gasteiger partial charge on any atom is 0.218 e. The number of hydrogen-bond donors (Lipinski definition) is 1. The van der Waals surface area contributed by atoms with Gasteiger partial charge >= 0.3 is 0 Å². The van der Waals surface area contributed by atoms with E-state index in [2.05, 4.69) is 55.1 Å². The maximum absolute atomic E-state index is 5.61. The summed E-state index contributed by atoms with van der Waals surface area (Å²) in [5.41, 5.74) is 1.17. The molecule has 0 aromatic carbocycles. The van der Waals surface area contributed by atoms with Gasteiger partial charge in [-0.25, -0.2) is 0 Å². The van der Waals surface area contributed by atoms with E-state index >= 15 is 0 Å². The normalized spacial score (nSPS) is 15.4. The van der Waals surface area contributed by atoms with Gasteiger partial charge in [0.1, 0.15) is 11.5 Å². The van der Waals surface area contributed by atoms with Crippen LogP contribution >= 0.6 is 11.3 Å².